The molecular formula is C7H15N3O2. The number of rotatable bonds is 3. The van der Waals surface area contributed by atoms with Gasteiger partial charge in [-0.05, 0) is 13.3 Å². The van der Waals surface area contributed by atoms with Gasteiger partial charge in [0.2, 0.25) is 0 Å². The number of methoxy groups -OCH3 is 1. The average Bonchev–Trinajstić information content (AvgIpc) is 2.03. The fraction of sp³-hybridized carbons (Fsp3) is 0.714. The van der Waals surface area contributed by atoms with Gasteiger partial charge in [0, 0.05) is 0 Å². The third-order valence-corrected chi connectivity index (χ3v) is 1.86. The van der Waals surface area contributed by atoms with Gasteiger partial charge in [0.15, 0.2) is 0 Å². The first-order valence-corrected chi connectivity index (χ1v) is 3.67. The maximum absolute atomic E-state index is 10.8. The van der Waals surface area contributed by atoms with Crippen molar-refractivity contribution in [3.05, 3.63) is 0 Å². The number of hydrogen-bond donors (Lipinski definition) is 3. The van der Waals surface area contributed by atoms with Gasteiger partial charge in [0.1, 0.15) is 5.84 Å². The molecule has 1 amide bonds. The number of nitrogens with two attached hydrogens (primary N) is 1. The summed E-state index contributed by atoms with van der Waals surface area (Å²) in [5.74, 6) is -0.0737. The Balaban J connectivity index is 4.34. The predicted octanol–water partition coefficient (Wildman–Crippen LogP) is 0.447. The zero-order valence-corrected chi connectivity index (χ0v) is 7.60. The van der Waals surface area contributed by atoms with Crippen LogP contribution in [0.25, 0.3) is 0 Å². The van der Waals surface area contributed by atoms with E-state index >= 15 is 0 Å². The minimum Gasteiger partial charge on any atom is -0.453 e. The van der Waals surface area contributed by atoms with Crippen molar-refractivity contribution in [1.82, 2.24) is 5.32 Å². The summed E-state index contributed by atoms with van der Waals surface area (Å²) >= 11 is 0. The van der Waals surface area contributed by atoms with Crippen molar-refractivity contribution >= 4 is 11.9 Å². The number of amidine groups is 1. The quantitative estimate of drug-likeness (QED) is 0.427. The Morgan fingerprint density at radius 2 is 2.25 bits per heavy atom. The molecule has 0 saturated heterocycles. The molecule has 0 radical (unpaired) electrons. The van der Waals surface area contributed by atoms with E-state index < -0.39 is 11.6 Å². The van der Waals surface area contributed by atoms with E-state index in [1.54, 1.807) is 6.92 Å². The van der Waals surface area contributed by atoms with Gasteiger partial charge < -0.3 is 15.8 Å². The summed E-state index contributed by atoms with van der Waals surface area (Å²) in [5, 5.41) is 9.71. The smallest absolute Gasteiger partial charge is 0.407 e. The summed E-state index contributed by atoms with van der Waals surface area (Å²) in [6.45, 7) is 3.50. The lowest BCUT2D eigenvalue weighted by Crippen LogP contribution is -2.54. The van der Waals surface area contributed by atoms with Crippen molar-refractivity contribution < 1.29 is 9.53 Å². The molecule has 0 aliphatic heterocycles. The van der Waals surface area contributed by atoms with Crippen LogP contribution in [-0.4, -0.2) is 24.6 Å². The lowest BCUT2D eigenvalue weighted by molar-refractivity contribution is 0.163. The van der Waals surface area contributed by atoms with Gasteiger partial charge in [-0.2, -0.15) is 0 Å². The molecule has 12 heavy (non-hydrogen) atoms. The van der Waals surface area contributed by atoms with Crippen LogP contribution in [-0.2, 0) is 4.74 Å². The van der Waals surface area contributed by atoms with Crippen LogP contribution >= 0.6 is 0 Å². The maximum atomic E-state index is 10.8. The highest BCUT2D eigenvalue weighted by Crippen LogP contribution is 2.07. The van der Waals surface area contributed by atoms with Gasteiger partial charge in [0.25, 0.3) is 0 Å². The molecule has 0 bridgehead atoms. The van der Waals surface area contributed by atoms with Crippen molar-refractivity contribution in [3.8, 4) is 0 Å². The minimum absolute atomic E-state index is 0.0737. The van der Waals surface area contributed by atoms with E-state index in [0.29, 0.717) is 6.42 Å². The van der Waals surface area contributed by atoms with E-state index in [1.807, 2.05) is 6.92 Å². The molecule has 5 nitrogen and oxygen atoms in total. The molecular weight excluding hydrogens is 158 g/mol. The number of ether oxygens (including phenoxy) is 1. The normalized spacial score (nSPS) is 14.6. The van der Waals surface area contributed by atoms with Crippen LogP contribution in [0, 0.1) is 5.41 Å². The lowest BCUT2D eigenvalue weighted by atomic mass is 9.98. The molecule has 5 heteroatoms. The molecule has 1 unspecified atom stereocenters. The molecule has 0 fully saturated rings. The molecule has 0 aromatic rings. The average molecular weight is 173 g/mol. The second kappa shape index (κ2) is 3.94. The summed E-state index contributed by atoms with van der Waals surface area (Å²) in [7, 11) is 1.27. The number of alkyl carbamates (subject to hydrolysis) is 1. The second-order valence-electron chi connectivity index (χ2n) is 2.72. The van der Waals surface area contributed by atoms with Gasteiger partial charge >= 0.3 is 6.09 Å². The first-order valence-electron chi connectivity index (χ1n) is 3.67. The summed E-state index contributed by atoms with van der Waals surface area (Å²) in [6.07, 6.45) is -0.0215. The third-order valence-electron chi connectivity index (χ3n) is 1.86. The van der Waals surface area contributed by atoms with E-state index in [4.69, 9.17) is 11.1 Å². The van der Waals surface area contributed by atoms with Crippen LogP contribution in [0.3, 0.4) is 0 Å². The number of hydrogen-bond acceptors (Lipinski definition) is 3. The van der Waals surface area contributed by atoms with Crippen molar-refractivity contribution in [2.24, 2.45) is 5.73 Å². The Morgan fingerprint density at radius 3 is 2.50 bits per heavy atom. The molecule has 0 spiro atoms. The fourth-order valence-corrected chi connectivity index (χ4v) is 0.622. The summed E-state index contributed by atoms with van der Waals surface area (Å²) in [5.41, 5.74) is 4.50. The van der Waals surface area contributed by atoms with E-state index in [0.717, 1.165) is 0 Å². The molecule has 1 atom stereocenters. The third kappa shape index (κ3) is 2.41. The Labute approximate surface area is 71.8 Å². The van der Waals surface area contributed by atoms with Gasteiger partial charge in [0.05, 0.1) is 12.6 Å². The number of amides is 1. The highest BCUT2D eigenvalue weighted by atomic mass is 16.5. The van der Waals surface area contributed by atoms with Crippen LogP contribution < -0.4 is 11.1 Å². The monoisotopic (exact) mass is 173 g/mol. The van der Waals surface area contributed by atoms with Crippen molar-refractivity contribution in [3.63, 3.8) is 0 Å². The van der Waals surface area contributed by atoms with Gasteiger partial charge in [-0.1, -0.05) is 6.92 Å². The predicted molar refractivity (Wildman–Crippen MR) is 46.2 cm³/mol. The molecule has 0 saturated carbocycles. The Kier molecular flexibility index (Phi) is 3.53. The fourth-order valence-electron chi connectivity index (χ4n) is 0.622. The maximum Gasteiger partial charge on any atom is 0.407 e. The van der Waals surface area contributed by atoms with Gasteiger partial charge in [-0.3, -0.25) is 5.41 Å². The van der Waals surface area contributed by atoms with E-state index in [2.05, 4.69) is 10.1 Å². The number of carbonyl (C=O) groups excluding carboxylic acids is 1. The van der Waals surface area contributed by atoms with E-state index in [-0.39, 0.29) is 5.84 Å². The van der Waals surface area contributed by atoms with Gasteiger partial charge in [-0.25, -0.2) is 4.79 Å². The molecule has 70 valence electrons. The molecule has 0 aliphatic rings. The van der Waals surface area contributed by atoms with Crippen LogP contribution in [0.1, 0.15) is 20.3 Å². The van der Waals surface area contributed by atoms with Crippen LogP contribution in [0.4, 0.5) is 4.79 Å². The zero-order chi connectivity index (χ0) is 9.78. The van der Waals surface area contributed by atoms with E-state index in [1.165, 1.54) is 7.11 Å². The van der Waals surface area contributed by atoms with Crippen molar-refractivity contribution in [2.45, 2.75) is 25.8 Å². The van der Waals surface area contributed by atoms with Crippen LogP contribution in [0.5, 0.6) is 0 Å². The summed E-state index contributed by atoms with van der Waals surface area (Å²) < 4.78 is 4.40. The first kappa shape index (κ1) is 10.7. The molecule has 0 aromatic carbocycles. The SMILES string of the molecule is CCC(C)(NC(=O)OC)C(=N)N. The topological polar surface area (TPSA) is 88.2 Å². The molecule has 0 heterocycles. The molecule has 0 aliphatic carbocycles. The molecule has 0 rings (SSSR count). The van der Waals surface area contributed by atoms with Crippen LogP contribution in [0.15, 0.2) is 0 Å². The summed E-state index contributed by atoms with van der Waals surface area (Å²) in [4.78, 5) is 10.8. The Morgan fingerprint density at radius 1 is 1.75 bits per heavy atom. The number of carbonyl (C=O) groups is 1. The summed E-state index contributed by atoms with van der Waals surface area (Å²) in [6, 6.07) is 0. The molecule has 0 aromatic heterocycles. The highest BCUT2D eigenvalue weighted by Gasteiger charge is 2.27. The standard InChI is InChI=1S/C7H15N3O2/c1-4-7(2,5(8)9)10-6(11)12-3/h4H2,1-3H3,(H3,8,9)(H,10,11). The largest absolute Gasteiger partial charge is 0.453 e. The molecule has 4 N–H and O–H groups in total. The Bertz CT molecular complexity index is 193. The zero-order valence-electron chi connectivity index (χ0n) is 7.60. The van der Waals surface area contributed by atoms with E-state index in [9.17, 15) is 4.79 Å². The number of nitrogens with one attached hydrogen (secondary N) is 2. The van der Waals surface area contributed by atoms with Crippen molar-refractivity contribution in [2.75, 3.05) is 7.11 Å². The van der Waals surface area contributed by atoms with Gasteiger partial charge in [-0.15, -0.1) is 0 Å². The minimum atomic E-state index is -0.799. The lowest BCUT2D eigenvalue weighted by Gasteiger charge is -2.26. The highest BCUT2D eigenvalue weighted by molar-refractivity contribution is 5.90. The first-order chi connectivity index (χ1) is 5.46. The Hall–Kier alpha value is -1.26. The van der Waals surface area contributed by atoms with Crippen LogP contribution in [0.2, 0.25) is 0 Å². The second-order valence-corrected chi connectivity index (χ2v) is 2.72. The van der Waals surface area contributed by atoms with Crippen molar-refractivity contribution in [1.29, 1.82) is 5.41 Å².